The molecule has 112 valence electrons. The molecule has 2 rings (SSSR count). The van der Waals surface area contributed by atoms with Crippen molar-refractivity contribution in [3.63, 3.8) is 0 Å². The molecule has 1 saturated heterocycles. The van der Waals surface area contributed by atoms with Crippen molar-refractivity contribution in [3.8, 4) is 0 Å². The monoisotopic (exact) mass is 316 g/mol. The maximum atomic E-state index is 12.4. The quantitative estimate of drug-likeness (QED) is 0.853. The predicted molar refractivity (Wildman–Crippen MR) is 83.8 cm³/mol. The van der Waals surface area contributed by atoms with E-state index in [1.165, 1.54) is 18.3 Å². The highest BCUT2D eigenvalue weighted by Crippen LogP contribution is 2.29. The molecular formula is C14H21ClN2O2S. The molecule has 0 aromatic carbocycles. The fourth-order valence-corrected chi connectivity index (χ4v) is 3.21. The van der Waals surface area contributed by atoms with Crippen LogP contribution in [0.15, 0.2) is 12.1 Å². The Balaban J connectivity index is 0.00000200. The summed E-state index contributed by atoms with van der Waals surface area (Å²) in [5, 5.41) is 0. The molecule has 0 saturated carbocycles. The van der Waals surface area contributed by atoms with Crippen LogP contribution in [-0.2, 0) is 0 Å². The molecule has 1 unspecified atom stereocenters. The summed E-state index contributed by atoms with van der Waals surface area (Å²) in [5.74, 6) is 0.0162. The number of halogens is 1. The highest BCUT2D eigenvalue weighted by atomic mass is 35.5. The van der Waals surface area contributed by atoms with Gasteiger partial charge in [-0.2, -0.15) is 0 Å². The summed E-state index contributed by atoms with van der Waals surface area (Å²) in [6, 6.07) is 3.60. The van der Waals surface area contributed by atoms with Crippen LogP contribution in [0.2, 0.25) is 0 Å². The van der Waals surface area contributed by atoms with E-state index < -0.39 is 0 Å². The van der Waals surface area contributed by atoms with Crippen molar-refractivity contribution in [1.82, 2.24) is 4.90 Å². The molecule has 0 spiro atoms. The molecule has 1 fully saturated rings. The number of thiophene rings is 1. The van der Waals surface area contributed by atoms with Crippen LogP contribution < -0.4 is 5.73 Å². The van der Waals surface area contributed by atoms with Crippen molar-refractivity contribution >= 4 is 35.4 Å². The van der Waals surface area contributed by atoms with Crippen molar-refractivity contribution in [1.29, 1.82) is 0 Å². The summed E-state index contributed by atoms with van der Waals surface area (Å²) in [6.07, 6.45) is 0.823. The molecule has 0 bridgehead atoms. The first-order chi connectivity index (χ1) is 8.81. The van der Waals surface area contributed by atoms with Gasteiger partial charge in [-0.1, -0.05) is 13.8 Å². The average Bonchev–Trinajstić information content (AvgIpc) is 2.81. The van der Waals surface area contributed by atoms with Crippen LogP contribution in [0.4, 0.5) is 0 Å². The molecule has 2 heterocycles. The molecule has 4 nitrogen and oxygen atoms in total. The predicted octanol–water partition coefficient (Wildman–Crippen LogP) is 2.57. The third-order valence-corrected chi connectivity index (χ3v) is 4.94. The first kappa shape index (κ1) is 17.1. The topological polar surface area (TPSA) is 63.4 Å². The van der Waals surface area contributed by atoms with Gasteiger partial charge < -0.3 is 10.6 Å². The molecule has 1 aromatic heterocycles. The Kier molecular flexibility index (Phi) is 5.35. The van der Waals surface area contributed by atoms with Gasteiger partial charge in [0.15, 0.2) is 5.78 Å². The average molecular weight is 317 g/mol. The number of hydrogen-bond donors (Lipinski definition) is 1. The van der Waals surface area contributed by atoms with Crippen molar-refractivity contribution in [2.75, 3.05) is 13.1 Å². The molecular weight excluding hydrogens is 296 g/mol. The summed E-state index contributed by atoms with van der Waals surface area (Å²) in [6.45, 7) is 7.05. The van der Waals surface area contributed by atoms with Gasteiger partial charge in [0, 0.05) is 19.1 Å². The second-order valence-corrected chi connectivity index (χ2v) is 6.91. The van der Waals surface area contributed by atoms with Crippen molar-refractivity contribution in [3.05, 3.63) is 21.9 Å². The minimum atomic E-state index is -0.0609. The SMILES string of the molecule is CC(=O)c1ccc(C(=O)N2CCC(N)C(C)(C)C2)s1.Cl. The molecule has 0 aliphatic carbocycles. The van der Waals surface area contributed by atoms with Gasteiger partial charge in [-0.05, 0) is 30.9 Å². The third kappa shape index (κ3) is 3.40. The third-order valence-electron chi connectivity index (χ3n) is 3.76. The number of rotatable bonds is 2. The van der Waals surface area contributed by atoms with Crippen LogP contribution in [0.25, 0.3) is 0 Å². The van der Waals surface area contributed by atoms with Gasteiger partial charge in [0.05, 0.1) is 9.75 Å². The summed E-state index contributed by atoms with van der Waals surface area (Å²) in [7, 11) is 0. The van der Waals surface area contributed by atoms with E-state index in [1.54, 1.807) is 12.1 Å². The van der Waals surface area contributed by atoms with Crippen LogP contribution in [-0.4, -0.2) is 35.7 Å². The lowest BCUT2D eigenvalue weighted by Crippen LogP contribution is -2.53. The molecule has 1 amide bonds. The molecule has 1 aliphatic heterocycles. The van der Waals surface area contributed by atoms with Gasteiger partial charge in [-0.3, -0.25) is 9.59 Å². The number of Topliss-reactive ketones (excluding diaryl/α,β-unsaturated/α-hetero) is 1. The first-order valence-corrected chi connectivity index (χ1v) is 7.28. The molecule has 1 aliphatic rings. The van der Waals surface area contributed by atoms with E-state index in [0.29, 0.717) is 22.8 Å². The van der Waals surface area contributed by atoms with E-state index in [9.17, 15) is 9.59 Å². The Morgan fingerprint density at radius 1 is 1.35 bits per heavy atom. The Labute approximate surface area is 129 Å². The zero-order valence-corrected chi connectivity index (χ0v) is 13.6. The van der Waals surface area contributed by atoms with Crippen molar-refractivity contribution < 1.29 is 9.59 Å². The number of likely N-dealkylation sites (tertiary alicyclic amines) is 1. The highest BCUT2D eigenvalue weighted by Gasteiger charge is 2.35. The Morgan fingerprint density at radius 3 is 2.45 bits per heavy atom. The highest BCUT2D eigenvalue weighted by molar-refractivity contribution is 7.15. The minimum Gasteiger partial charge on any atom is -0.337 e. The van der Waals surface area contributed by atoms with Gasteiger partial charge >= 0.3 is 0 Å². The van der Waals surface area contributed by atoms with Crippen LogP contribution in [0.3, 0.4) is 0 Å². The zero-order valence-electron chi connectivity index (χ0n) is 12.0. The van der Waals surface area contributed by atoms with E-state index in [2.05, 4.69) is 13.8 Å². The maximum absolute atomic E-state index is 12.4. The molecule has 2 N–H and O–H groups in total. The number of carbonyl (C=O) groups excluding carboxylic acids is 2. The van der Waals surface area contributed by atoms with E-state index in [4.69, 9.17) is 5.73 Å². The summed E-state index contributed by atoms with van der Waals surface area (Å²) in [4.78, 5) is 26.8. The Hall–Kier alpha value is -0.910. The largest absolute Gasteiger partial charge is 0.337 e. The zero-order chi connectivity index (χ0) is 14.2. The molecule has 20 heavy (non-hydrogen) atoms. The maximum Gasteiger partial charge on any atom is 0.263 e. The Morgan fingerprint density at radius 2 is 1.95 bits per heavy atom. The number of carbonyl (C=O) groups is 2. The number of nitrogens with two attached hydrogens (primary N) is 1. The number of hydrogen-bond acceptors (Lipinski definition) is 4. The lowest BCUT2D eigenvalue weighted by Gasteiger charge is -2.42. The van der Waals surface area contributed by atoms with Crippen LogP contribution >= 0.6 is 23.7 Å². The normalized spacial score (nSPS) is 21.2. The second-order valence-electron chi connectivity index (χ2n) is 5.83. The summed E-state index contributed by atoms with van der Waals surface area (Å²) < 4.78 is 0. The van der Waals surface area contributed by atoms with Gasteiger partial charge in [0.25, 0.3) is 5.91 Å². The lowest BCUT2D eigenvalue weighted by molar-refractivity contribution is 0.0537. The van der Waals surface area contributed by atoms with Gasteiger partial charge in [0.1, 0.15) is 0 Å². The minimum absolute atomic E-state index is 0. The number of ketones is 1. The fourth-order valence-electron chi connectivity index (χ4n) is 2.35. The van der Waals surface area contributed by atoms with E-state index in [-0.39, 0.29) is 35.6 Å². The summed E-state index contributed by atoms with van der Waals surface area (Å²) >= 11 is 1.27. The van der Waals surface area contributed by atoms with E-state index in [1.807, 2.05) is 4.90 Å². The van der Waals surface area contributed by atoms with Crippen molar-refractivity contribution in [2.24, 2.45) is 11.1 Å². The molecule has 0 radical (unpaired) electrons. The van der Waals surface area contributed by atoms with Crippen LogP contribution in [0.5, 0.6) is 0 Å². The van der Waals surface area contributed by atoms with Gasteiger partial charge in [0.2, 0.25) is 0 Å². The number of amides is 1. The lowest BCUT2D eigenvalue weighted by atomic mass is 9.79. The molecule has 1 atom stereocenters. The second kappa shape index (κ2) is 6.24. The van der Waals surface area contributed by atoms with Crippen LogP contribution in [0.1, 0.15) is 46.5 Å². The number of piperidine rings is 1. The standard InChI is InChI=1S/C14H20N2O2S.ClH/c1-9(17)10-4-5-11(19-10)13(18)16-7-6-12(15)14(2,3)8-16;/h4-5,12H,6-8,15H2,1-3H3;1H. The molecule has 1 aromatic rings. The Bertz CT molecular complexity index is 513. The first-order valence-electron chi connectivity index (χ1n) is 6.47. The summed E-state index contributed by atoms with van der Waals surface area (Å²) in [5.41, 5.74) is 6.02. The van der Waals surface area contributed by atoms with Gasteiger partial charge in [-0.15, -0.1) is 23.7 Å². The fraction of sp³-hybridized carbons (Fsp3) is 0.571. The van der Waals surface area contributed by atoms with Crippen molar-refractivity contribution in [2.45, 2.75) is 33.2 Å². The van der Waals surface area contributed by atoms with Gasteiger partial charge in [-0.25, -0.2) is 0 Å². The molecule has 6 heteroatoms. The van der Waals surface area contributed by atoms with Crippen LogP contribution in [0, 0.1) is 5.41 Å². The number of nitrogens with zero attached hydrogens (tertiary/aromatic N) is 1. The smallest absolute Gasteiger partial charge is 0.263 e. The van der Waals surface area contributed by atoms with E-state index >= 15 is 0 Å². The van der Waals surface area contributed by atoms with E-state index in [0.717, 1.165) is 6.42 Å².